The molecule has 160 valence electrons. The average Bonchev–Trinajstić information content (AvgIpc) is 2.76. The van der Waals surface area contributed by atoms with Crippen LogP contribution in [-0.2, 0) is 20.9 Å². The monoisotopic (exact) mass is 414 g/mol. The van der Waals surface area contributed by atoms with Crippen molar-refractivity contribution in [3.8, 4) is 11.5 Å². The molecule has 0 aliphatic rings. The Morgan fingerprint density at radius 2 is 1.67 bits per heavy atom. The molecule has 0 aromatic heterocycles. The van der Waals surface area contributed by atoms with Crippen molar-refractivity contribution in [2.24, 2.45) is 0 Å². The highest BCUT2D eigenvalue weighted by atomic mass is 16.5. The number of methoxy groups -OCH3 is 1. The Morgan fingerprint density at radius 3 is 2.37 bits per heavy atom. The van der Waals surface area contributed by atoms with E-state index >= 15 is 0 Å². The number of para-hydroxylation sites is 2. The van der Waals surface area contributed by atoms with Crippen LogP contribution in [0.3, 0.4) is 0 Å². The second-order valence-electron chi connectivity index (χ2n) is 6.33. The van der Waals surface area contributed by atoms with E-state index in [4.69, 9.17) is 14.2 Å². The zero-order chi connectivity index (χ0) is 21.9. The zero-order valence-corrected chi connectivity index (χ0v) is 17.3. The molecule has 8 nitrogen and oxygen atoms in total. The Balaban J connectivity index is 1.80. The van der Waals surface area contributed by atoms with Crippen molar-refractivity contribution < 1.29 is 28.6 Å². The van der Waals surface area contributed by atoms with Crippen molar-refractivity contribution in [3.63, 3.8) is 0 Å². The van der Waals surface area contributed by atoms with Gasteiger partial charge in [0, 0.05) is 19.2 Å². The fraction of sp³-hybridized carbons (Fsp3) is 0.318. The van der Waals surface area contributed by atoms with Crippen LogP contribution >= 0.6 is 0 Å². The predicted molar refractivity (Wildman–Crippen MR) is 110 cm³/mol. The maximum atomic E-state index is 12.3. The number of ether oxygens (including phenoxy) is 3. The molecule has 2 amide bonds. The van der Waals surface area contributed by atoms with Gasteiger partial charge in [0.1, 0.15) is 18.0 Å². The highest BCUT2D eigenvalue weighted by molar-refractivity contribution is 5.98. The lowest BCUT2D eigenvalue weighted by atomic mass is 10.2. The van der Waals surface area contributed by atoms with Gasteiger partial charge in [-0.05, 0) is 25.1 Å². The topological polar surface area (TPSA) is 94.2 Å². The van der Waals surface area contributed by atoms with Gasteiger partial charge in [0.25, 0.3) is 11.8 Å². The van der Waals surface area contributed by atoms with Gasteiger partial charge in [0.05, 0.1) is 19.3 Å². The lowest BCUT2D eigenvalue weighted by Gasteiger charge is -2.18. The molecule has 0 radical (unpaired) electrons. The van der Waals surface area contributed by atoms with Crippen molar-refractivity contribution in [1.82, 2.24) is 10.2 Å². The standard InChI is InChI=1S/C22H26N2O6/c1-4-29-19-12-8-6-10-17(19)22(27)23-13-21(26)30-15-20(25)24(2)14-16-9-5-7-11-18(16)28-3/h5-12H,4,13-15H2,1-3H3,(H,23,27). The maximum Gasteiger partial charge on any atom is 0.325 e. The Labute approximate surface area is 175 Å². The largest absolute Gasteiger partial charge is 0.496 e. The van der Waals surface area contributed by atoms with E-state index in [1.54, 1.807) is 44.5 Å². The Kier molecular flexibility index (Phi) is 8.68. The summed E-state index contributed by atoms with van der Waals surface area (Å²) in [7, 11) is 3.17. The summed E-state index contributed by atoms with van der Waals surface area (Å²) in [5.74, 6) is -0.447. The Bertz CT molecular complexity index is 883. The molecule has 0 unspecified atom stereocenters. The fourth-order valence-electron chi connectivity index (χ4n) is 2.66. The first-order chi connectivity index (χ1) is 14.5. The van der Waals surface area contributed by atoms with Gasteiger partial charge in [-0.1, -0.05) is 30.3 Å². The molecule has 2 aromatic carbocycles. The number of nitrogens with zero attached hydrogens (tertiary/aromatic N) is 1. The molecule has 2 rings (SSSR count). The molecule has 8 heteroatoms. The van der Waals surface area contributed by atoms with Crippen LogP contribution in [0.25, 0.3) is 0 Å². The van der Waals surface area contributed by atoms with Gasteiger partial charge in [0.2, 0.25) is 0 Å². The van der Waals surface area contributed by atoms with Gasteiger partial charge in [-0.3, -0.25) is 14.4 Å². The average molecular weight is 414 g/mol. The minimum absolute atomic E-state index is 0.311. The number of carbonyl (C=O) groups is 3. The molecular weight excluding hydrogens is 388 g/mol. The summed E-state index contributed by atoms with van der Waals surface area (Å²) in [6, 6.07) is 14.1. The summed E-state index contributed by atoms with van der Waals surface area (Å²) in [6.45, 7) is 1.76. The van der Waals surface area contributed by atoms with E-state index in [1.807, 2.05) is 25.1 Å². The Morgan fingerprint density at radius 1 is 1.00 bits per heavy atom. The quantitative estimate of drug-likeness (QED) is 0.598. The second kappa shape index (κ2) is 11.5. The molecule has 0 atom stereocenters. The summed E-state index contributed by atoms with van der Waals surface area (Å²) in [5, 5.41) is 2.47. The van der Waals surface area contributed by atoms with Crippen LogP contribution in [0.4, 0.5) is 0 Å². The van der Waals surface area contributed by atoms with E-state index in [0.717, 1.165) is 5.56 Å². The fourth-order valence-corrected chi connectivity index (χ4v) is 2.66. The van der Waals surface area contributed by atoms with Crippen molar-refractivity contribution in [2.45, 2.75) is 13.5 Å². The van der Waals surface area contributed by atoms with Crippen molar-refractivity contribution >= 4 is 17.8 Å². The number of carbonyl (C=O) groups excluding carboxylic acids is 3. The maximum absolute atomic E-state index is 12.3. The molecule has 0 aliphatic heterocycles. The molecule has 0 spiro atoms. The minimum Gasteiger partial charge on any atom is -0.496 e. The van der Waals surface area contributed by atoms with E-state index in [-0.39, 0.29) is 12.5 Å². The number of benzene rings is 2. The summed E-state index contributed by atoms with van der Waals surface area (Å²) < 4.78 is 15.6. The summed E-state index contributed by atoms with van der Waals surface area (Å²) >= 11 is 0. The van der Waals surface area contributed by atoms with Crippen molar-refractivity contribution in [1.29, 1.82) is 0 Å². The summed E-state index contributed by atoms with van der Waals surface area (Å²) in [6.07, 6.45) is 0. The third kappa shape index (κ3) is 6.51. The molecule has 0 aliphatic carbocycles. The van der Waals surface area contributed by atoms with Gasteiger partial charge >= 0.3 is 5.97 Å². The number of nitrogens with one attached hydrogen (secondary N) is 1. The van der Waals surface area contributed by atoms with Gasteiger partial charge in [0.15, 0.2) is 6.61 Å². The van der Waals surface area contributed by atoms with Gasteiger partial charge in [-0.15, -0.1) is 0 Å². The molecule has 1 N–H and O–H groups in total. The third-order valence-corrected chi connectivity index (χ3v) is 4.21. The van der Waals surface area contributed by atoms with E-state index in [2.05, 4.69) is 5.32 Å². The predicted octanol–water partition coefficient (Wildman–Crippen LogP) is 2.03. The van der Waals surface area contributed by atoms with Crippen molar-refractivity contribution in [3.05, 3.63) is 59.7 Å². The summed E-state index contributed by atoms with van der Waals surface area (Å²) in [5.41, 5.74) is 1.15. The zero-order valence-electron chi connectivity index (χ0n) is 17.3. The van der Waals surface area contributed by atoms with Crippen LogP contribution in [0.5, 0.6) is 11.5 Å². The van der Waals surface area contributed by atoms with E-state index in [1.165, 1.54) is 4.90 Å². The lowest BCUT2D eigenvalue weighted by Crippen LogP contribution is -2.34. The SMILES string of the molecule is CCOc1ccccc1C(=O)NCC(=O)OCC(=O)N(C)Cc1ccccc1OC. The van der Waals surface area contributed by atoms with Gasteiger partial charge < -0.3 is 24.4 Å². The van der Waals surface area contributed by atoms with Crippen LogP contribution in [0.2, 0.25) is 0 Å². The Hall–Kier alpha value is -3.55. The second-order valence-corrected chi connectivity index (χ2v) is 6.33. The number of amides is 2. The molecular formula is C22H26N2O6. The van der Waals surface area contributed by atoms with Gasteiger partial charge in [-0.25, -0.2) is 0 Å². The number of hydrogen-bond donors (Lipinski definition) is 1. The number of hydrogen-bond acceptors (Lipinski definition) is 6. The van der Waals surface area contributed by atoms with Crippen LogP contribution in [-0.4, -0.2) is 56.6 Å². The van der Waals surface area contributed by atoms with Gasteiger partial charge in [-0.2, -0.15) is 0 Å². The van der Waals surface area contributed by atoms with E-state index in [9.17, 15) is 14.4 Å². The molecule has 0 bridgehead atoms. The normalized spacial score (nSPS) is 10.1. The number of esters is 1. The molecule has 0 saturated heterocycles. The first-order valence-electron chi connectivity index (χ1n) is 9.47. The van der Waals surface area contributed by atoms with Crippen molar-refractivity contribution in [2.75, 3.05) is 33.9 Å². The molecule has 30 heavy (non-hydrogen) atoms. The van der Waals surface area contributed by atoms with Crippen LogP contribution in [0, 0.1) is 0 Å². The smallest absolute Gasteiger partial charge is 0.325 e. The molecule has 2 aromatic rings. The molecule has 0 saturated carbocycles. The summed E-state index contributed by atoms with van der Waals surface area (Å²) in [4.78, 5) is 37.8. The first kappa shape index (κ1) is 22.7. The number of likely N-dealkylation sites (N-methyl/N-ethyl adjacent to an activating group) is 1. The minimum atomic E-state index is -0.712. The first-order valence-corrected chi connectivity index (χ1v) is 9.47. The third-order valence-electron chi connectivity index (χ3n) is 4.21. The highest BCUT2D eigenvalue weighted by Gasteiger charge is 2.16. The highest BCUT2D eigenvalue weighted by Crippen LogP contribution is 2.19. The van der Waals surface area contributed by atoms with Crippen LogP contribution in [0.15, 0.2) is 48.5 Å². The molecule has 0 fully saturated rings. The van der Waals surface area contributed by atoms with Crippen LogP contribution < -0.4 is 14.8 Å². The number of rotatable bonds is 10. The van der Waals surface area contributed by atoms with E-state index < -0.39 is 18.5 Å². The van der Waals surface area contributed by atoms with Crippen LogP contribution in [0.1, 0.15) is 22.8 Å². The van der Waals surface area contributed by atoms with E-state index in [0.29, 0.717) is 30.2 Å². The molecule has 0 heterocycles. The lowest BCUT2D eigenvalue weighted by molar-refractivity contribution is -0.150.